The molecule has 2 heterocycles. The van der Waals surface area contributed by atoms with Gasteiger partial charge < -0.3 is 14.8 Å². The van der Waals surface area contributed by atoms with E-state index in [1.807, 2.05) is 24.2 Å². The molecule has 1 N–H and O–H groups in total. The maximum atomic E-state index is 12.5. The molecule has 3 rings (SSSR count). The molecule has 0 aromatic carbocycles. The minimum atomic E-state index is 0.189. The molecule has 2 aliphatic rings. The molecular formula is C16H25N3O. The predicted molar refractivity (Wildman–Crippen MR) is 79.8 cm³/mol. The van der Waals surface area contributed by atoms with Gasteiger partial charge in [-0.1, -0.05) is 6.42 Å². The van der Waals surface area contributed by atoms with Crippen molar-refractivity contribution in [3.05, 3.63) is 23.5 Å². The Morgan fingerprint density at radius 1 is 1.20 bits per heavy atom. The molecule has 0 spiro atoms. The molecule has 0 atom stereocenters. The van der Waals surface area contributed by atoms with Crippen LogP contribution in [0.5, 0.6) is 0 Å². The number of carbonyl (C=O) groups excluding carboxylic acids is 1. The van der Waals surface area contributed by atoms with Crippen LogP contribution >= 0.6 is 0 Å². The van der Waals surface area contributed by atoms with Gasteiger partial charge in [0, 0.05) is 38.6 Å². The summed E-state index contributed by atoms with van der Waals surface area (Å²) in [5, 5.41) is 0. The summed E-state index contributed by atoms with van der Waals surface area (Å²) in [6.07, 6.45) is 9.05. The molecule has 1 aromatic rings. The van der Waals surface area contributed by atoms with Gasteiger partial charge in [-0.15, -0.1) is 0 Å². The Hall–Kier alpha value is -1.29. The first-order chi connectivity index (χ1) is 9.74. The van der Waals surface area contributed by atoms with Crippen molar-refractivity contribution < 1.29 is 4.79 Å². The predicted octanol–water partition coefficient (Wildman–Crippen LogP) is 2.27. The van der Waals surface area contributed by atoms with E-state index < -0.39 is 0 Å². The lowest BCUT2D eigenvalue weighted by Crippen LogP contribution is -2.37. The highest BCUT2D eigenvalue weighted by Crippen LogP contribution is 2.27. The zero-order valence-corrected chi connectivity index (χ0v) is 12.4. The number of nitrogens with one attached hydrogen (secondary N) is 1. The van der Waals surface area contributed by atoms with Crippen LogP contribution in [0.25, 0.3) is 0 Å². The van der Waals surface area contributed by atoms with Gasteiger partial charge >= 0.3 is 0 Å². The molecule has 110 valence electrons. The first-order valence-corrected chi connectivity index (χ1v) is 7.89. The zero-order chi connectivity index (χ0) is 13.9. The number of rotatable bonds is 3. The maximum absolute atomic E-state index is 12.5. The largest absolute Gasteiger partial charge is 0.367 e. The first-order valence-electron chi connectivity index (χ1n) is 7.89. The van der Waals surface area contributed by atoms with Crippen LogP contribution in [0.15, 0.2) is 12.4 Å². The first kappa shape index (κ1) is 13.7. The summed E-state index contributed by atoms with van der Waals surface area (Å²) in [5.74, 6) is 1.11. The van der Waals surface area contributed by atoms with E-state index in [0.29, 0.717) is 0 Å². The van der Waals surface area contributed by atoms with Crippen molar-refractivity contribution in [2.24, 2.45) is 5.92 Å². The average molecular weight is 275 g/mol. The van der Waals surface area contributed by atoms with Crippen molar-refractivity contribution >= 4 is 5.91 Å². The molecule has 1 aliphatic carbocycles. The van der Waals surface area contributed by atoms with Crippen LogP contribution in [0, 0.1) is 12.8 Å². The number of amides is 1. The zero-order valence-electron chi connectivity index (χ0n) is 12.4. The molecule has 1 saturated carbocycles. The molecule has 1 amide bonds. The standard InChI is InChI=1S/C16H25N3O/c1-13-10-17-11-15(13)16(20)19-7-3-6-18(8-9-19)12-14-4-2-5-14/h10-11,14,17H,2-9,12H2,1H3. The molecule has 1 saturated heterocycles. The molecular weight excluding hydrogens is 250 g/mol. The number of aromatic amines is 1. The Balaban J connectivity index is 1.56. The fourth-order valence-corrected chi connectivity index (χ4v) is 3.24. The summed E-state index contributed by atoms with van der Waals surface area (Å²) in [6.45, 7) is 7.18. The Labute approximate surface area is 121 Å². The fraction of sp³-hybridized carbons (Fsp3) is 0.688. The molecule has 4 nitrogen and oxygen atoms in total. The van der Waals surface area contributed by atoms with Gasteiger partial charge in [-0.2, -0.15) is 0 Å². The minimum absolute atomic E-state index is 0.189. The Morgan fingerprint density at radius 3 is 2.70 bits per heavy atom. The third-order valence-corrected chi connectivity index (χ3v) is 4.80. The summed E-state index contributed by atoms with van der Waals surface area (Å²) in [4.78, 5) is 20.1. The van der Waals surface area contributed by atoms with Crippen molar-refractivity contribution in [1.82, 2.24) is 14.8 Å². The quantitative estimate of drug-likeness (QED) is 0.919. The van der Waals surface area contributed by atoms with Crippen molar-refractivity contribution in [2.45, 2.75) is 32.6 Å². The van der Waals surface area contributed by atoms with Gasteiger partial charge in [-0.3, -0.25) is 4.79 Å². The van der Waals surface area contributed by atoms with Crippen molar-refractivity contribution in [3.63, 3.8) is 0 Å². The molecule has 1 aromatic heterocycles. The van der Waals surface area contributed by atoms with E-state index in [4.69, 9.17) is 0 Å². The number of aromatic nitrogens is 1. The molecule has 20 heavy (non-hydrogen) atoms. The third-order valence-electron chi connectivity index (χ3n) is 4.80. The van der Waals surface area contributed by atoms with Crippen LogP contribution < -0.4 is 0 Å². The second kappa shape index (κ2) is 6.00. The molecule has 2 fully saturated rings. The second-order valence-corrected chi connectivity index (χ2v) is 6.30. The van der Waals surface area contributed by atoms with Gasteiger partial charge in [0.1, 0.15) is 0 Å². The summed E-state index contributed by atoms with van der Waals surface area (Å²) in [6, 6.07) is 0. The number of hydrogen-bond donors (Lipinski definition) is 1. The average Bonchev–Trinajstić information content (AvgIpc) is 2.69. The van der Waals surface area contributed by atoms with Crippen LogP contribution in [-0.4, -0.2) is 53.4 Å². The monoisotopic (exact) mass is 275 g/mol. The number of nitrogens with zero attached hydrogens (tertiary/aromatic N) is 2. The van der Waals surface area contributed by atoms with Crippen LogP contribution in [0.4, 0.5) is 0 Å². The molecule has 0 bridgehead atoms. The lowest BCUT2D eigenvalue weighted by molar-refractivity contribution is 0.0758. The van der Waals surface area contributed by atoms with Gasteiger partial charge in [0.2, 0.25) is 0 Å². The van der Waals surface area contributed by atoms with E-state index in [0.717, 1.165) is 49.6 Å². The molecule has 0 radical (unpaired) electrons. The van der Waals surface area contributed by atoms with Crippen LogP contribution in [0.1, 0.15) is 41.6 Å². The SMILES string of the molecule is Cc1c[nH]cc1C(=O)N1CCCN(CC2CCC2)CC1. The van der Waals surface area contributed by atoms with E-state index in [1.165, 1.54) is 25.8 Å². The summed E-state index contributed by atoms with van der Waals surface area (Å²) in [7, 11) is 0. The van der Waals surface area contributed by atoms with E-state index in [-0.39, 0.29) is 5.91 Å². The summed E-state index contributed by atoms with van der Waals surface area (Å²) >= 11 is 0. The van der Waals surface area contributed by atoms with Crippen LogP contribution in [0.2, 0.25) is 0 Å². The van der Waals surface area contributed by atoms with Crippen molar-refractivity contribution in [2.75, 3.05) is 32.7 Å². The summed E-state index contributed by atoms with van der Waals surface area (Å²) < 4.78 is 0. The van der Waals surface area contributed by atoms with Gasteiger partial charge in [0.05, 0.1) is 5.56 Å². The van der Waals surface area contributed by atoms with Gasteiger partial charge in [-0.05, 0) is 44.2 Å². The molecule has 0 unspecified atom stereocenters. The fourth-order valence-electron chi connectivity index (χ4n) is 3.24. The highest BCUT2D eigenvalue weighted by molar-refractivity contribution is 5.95. The Kier molecular flexibility index (Phi) is 4.10. The lowest BCUT2D eigenvalue weighted by Gasteiger charge is -2.31. The molecule has 4 heteroatoms. The van der Waals surface area contributed by atoms with Crippen molar-refractivity contribution in [1.29, 1.82) is 0 Å². The Morgan fingerprint density at radius 2 is 2.05 bits per heavy atom. The normalized spacial score (nSPS) is 21.6. The van der Waals surface area contributed by atoms with Gasteiger partial charge in [0.15, 0.2) is 0 Å². The van der Waals surface area contributed by atoms with E-state index in [2.05, 4.69) is 9.88 Å². The van der Waals surface area contributed by atoms with Crippen LogP contribution in [-0.2, 0) is 0 Å². The number of carbonyl (C=O) groups is 1. The minimum Gasteiger partial charge on any atom is -0.367 e. The third kappa shape index (κ3) is 2.90. The topological polar surface area (TPSA) is 39.3 Å². The lowest BCUT2D eigenvalue weighted by atomic mass is 9.85. The molecule has 1 aliphatic heterocycles. The number of aryl methyl sites for hydroxylation is 1. The maximum Gasteiger partial charge on any atom is 0.255 e. The summed E-state index contributed by atoms with van der Waals surface area (Å²) in [5.41, 5.74) is 1.88. The van der Waals surface area contributed by atoms with Crippen LogP contribution in [0.3, 0.4) is 0 Å². The number of hydrogen-bond acceptors (Lipinski definition) is 2. The van der Waals surface area contributed by atoms with E-state index in [9.17, 15) is 4.79 Å². The van der Waals surface area contributed by atoms with E-state index in [1.54, 1.807) is 0 Å². The highest BCUT2D eigenvalue weighted by Gasteiger charge is 2.25. The van der Waals surface area contributed by atoms with Gasteiger partial charge in [-0.25, -0.2) is 0 Å². The van der Waals surface area contributed by atoms with Gasteiger partial charge in [0.25, 0.3) is 5.91 Å². The smallest absolute Gasteiger partial charge is 0.255 e. The number of H-pyrrole nitrogens is 1. The second-order valence-electron chi connectivity index (χ2n) is 6.30. The highest BCUT2D eigenvalue weighted by atomic mass is 16.2. The van der Waals surface area contributed by atoms with E-state index >= 15 is 0 Å². The Bertz CT molecular complexity index is 464. The van der Waals surface area contributed by atoms with Crippen molar-refractivity contribution in [3.8, 4) is 0 Å².